The first-order valence-corrected chi connectivity index (χ1v) is 3.60. The number of nitrogens with zero attached hydrogens (tertiary/aromatic N) is 1. The fraction of sp³-hybridized carbons (Fsp3) is 0.571. The summed E-state index contributed by atoms with van der Waals surface area (Å²) in [5.74, 6) is 0.427. The van der Waals surface area contributed by atoms with Crippen LogP contribution in [-0.4, -0.2) is 30.3 Å². The van der Waals surface area contributed by atoms with Gasteiger partial charge in [0.15, 0.2) is 0 Å². The van der Waals surface area contributed by atoms with Crippen LogP contribution in [0.4, 0.5) is 0 Å². The van der Waals surface area contributed by atoms with Crippen molar-refractivity contribution >= 4 is 17.5 Å². The molecule has 0 aliphatic carbocycles. The standard InChI is InChI=1S/C7H12ClNO/c1-6(2)7(10)9(3)5-4-8/h1,4-5H2,2-3H3. The molecule has 0 aromatic carbocycles. The molecule has 1 amide bonds. The van der Waals surface area contributed by atoms with Gasteiger partial charge in [0.05, 0.1) is 0 Å². The highest BCUT2D eigenvalue weighted by molar-refractivity contribution is 6.18. The summed E-state index contributed by atoms with van der Waals surface area (Å²) in [6.07, 6.45) is 0. The van der Waals surface area contributed by atoms with Gasteiger partial charge in [-0.3, -0.25) is 4.79 Å². The lowest BCUT2D eigenvalue weighted by Gasteiger charge is -2.14. The van der Waals surface area contributed by atoms with Crippen molar-refractivity contribution in [3.05, 3.63) is 12.2 Å². The van der Waals surface area contributed by atoms with Crippen LogP contribution >= 0.6 is 11.6 Å². The van der Waals surface area contributed by atoms with Gasteiger partial charge in [-0.2, -0.15) is 0 Å². The zero-order valence-corrected chi connectivity index (χ0v) is 7.11. The molecule has 10 heavy (non-hydrogen) atoms. The molecule has 2 nitrogen and oxygen atoms in total. The van der Waals surface area contributed by atoms with Crippen molar-refractivity contribution in [2.45, 2.75) is 6.92 Å². The predicted octanol–water partition coefficient (Wildman–Crippen LogP) is 1.26. The van der Waals surface area contributed by atoms with Crippen molar-refractivity contribution in [1.82, 2.24) is 4.90 Å². The summed E-state index contributed by atoms with van der Waals surface area (Å²) in [4.78, 5) is 12.6. The molecule has 3 heteroatoms. The maximum absolute atomic E-state index is 11.0. The molecule has 0 radical (unpaired) electrons. The molecular formula is C7H12ClNO. The fourth-order valence-corrected chi connectivity index (χ4v) is 0.808. The lowest BCUT2D eigenvalue weighted by molar-refractivity contribution is -0.125. The second-order valence-electron chi connectivity index (χ2n) is 2.20. The van der Waals surface area contributed by atoms with Crippen LogP contribution in [0.5, 0.6) is 0 Å². The largest absolute Gasteiger partial charge is 0.341 e. The fourth-order valence-electron chi connectivity index (χ4n) is 0.554. The number of alkyl halides is 1. The van der Waals surface area contributed by atoms with Gasteiger partial charge in [-0.1, -0.05) is 6.58 Å². The first-order valence-electron chi connectivity index (χ1n) is 3.06. The maximum atomic E-state index is 11.0. The average Bonchev–Trinajstić information content (AvgIpc) is 1.87. The average molecular weight is 162 g/mol. The summed E-state index contributed by atoms with van der Waals surface area (Å²) in [7, 11) is 1.71. The van der Waals surface area contributed by atoms with Gasteiger partial charge in [-0.25, -0.2) is 0 Å². The normalized spacial score (nSPS) is 9.10. The second kappa shape index (κ2) is 4.34. The molecule has 0 aliphatic rings. The number of carbonyl (C=O) groups excluding carboxylic acids is 1. The van der Waals surface area contributed by atoms with E-state index in [-0.39, 0.29) is 5.91 Å². The first kappa shape index (κ1) is 9.50. The van der Waals surface area contributed by atoms with Crippen LogP contribution in [0.3, 0.4) is 0 Å². The summed E-state index contributed by atoms with van der Waals surface area (Å²) in [6, 6.07) is 0. The van der Waals surface area contributed by atoms with E-state index in [9.17, 15) is 4.79 Å². The Morgan fingerprint density at radius 3 is 2.50 bits per heavy atom. The topological polar surface area (TPSA) is 20.3 Å². The highest BCUT2D eigenvalue weighted by Crippen LogP contribution is 1.95. The van der Waals surface area contributed by atoms with E-state index in [1.165, 1.54) is 0 Å². The minimum atomic E-state index is -0.0411. The van der Waals surface area contributed by atoms with Crippen LogP contribution < -0.4 is 0 Å². The van der Waals surface area contributed by atoms with Gasteiger partial charge in [0.1, 0.15) is 0 Å². The third kappa shape index (κ3) is 2.87. The Morgan fingerprint density at radius 1 is 1.70 bits per heavy atom. The smallest absolute Gasteiger partial charge is 0.248 e. The van der Waals surface area contributed by atoms with Gasteiger partial charge in [0.25, 0.3) is 0 Å². The Kier molecular flexibility index (Phi) is 4.12. The number of hydrogen-bond donors (Lipinski definition) is 0. The predicted molar refractivity (Wildman–Crippen MR) is 43.2 cm³/mol. The number of rotatable bonds is 3. The number of halogens is 1. The monoisotopic (exact) mass is 161 g/mol. The van der Waals surface area contributed by atoms with Gasteiger partial charge in [0, 0.05) is 25.0 Å². The third-order valence-corrected chi connectivity index (χ3v) is 1.30. The zero-order valence-electron chi connectivity index (χ0n) is 6.35. The minimum absolute atomic E-state index is 0.0411. The van der Waals surface area contributed by atoms with Gasteiger partial charge in [-0.15, -0.1) is 11.6 Å². The van der Waals surface area contributed by atoms with Crippen LogP contribution in [-0.2, 0) is 4.79 Å². The lowest BCUT2D eigenvalue weighted by atomic mass is 10.3. The molecule has 0 unspecified atom stereocenters. The molecule has 0 bridgehead atoms. The minimum Gasteiger partial charge on any atom is -0.341 e. The molecule has 0 heterocycles. The van der Waals surface area contributed by atoms with Crippen LogP contribution in [0, 0.1) is 0 Å². The Bertz CT molecular complexity index is 145. The van der Waals surface area contributed by atoms with E-state index in [1.54, 1.807) is 18.9 Å². The van der Waals surface area contributed by atoms with Gasteiger partial charge in [-0.05, 0) is 6.92 Å². The van der Waals surface area contributed by atoms with Gasteiger partial charge >= 0.3 is 0 Å². The van der Waals surface area contributed by atoms with E-state index in [1.807, 2.05) is 0 Å². The van der Waals surface area contributed by atoms with Crippen molar-refractivity contribution in [3.8, 4) is 0 Å². The molecule has 0 saturated carbocycles. The summed E-state index contributed by atoms with van der Waals surface area (Å²) in [5, 5.41) is 0. The molecule has 0 aliphatic heterocycles. The van der Waals surface area contributed by atoms with E-state index in [2.05, 4.69) is 6.58 Å². The van der Waals surface area contributed by atoms with E-state index in [4.69, 9.17) is 11.6 Å². The Labute approximate surface area is 66.5 Å². The van der Waals surface area contributed by atoms with Crippen LogP contribution in [0.25, 0.3) is 0 Å². The Hall–Kier alpha value is -0.500. The quantitative estimate of drug-likeness (QED) is 0.451. The molecule has 0 spiro atoms. The summed E-state index contributed by atoms with van der Waals surface area (Å²) >= 11 is 5.42. The van der Waals surface area contributed by atoms with E-state index in [0.717, 1.165) is 0 Å². The molecule has 0 rings (SSSR count). The molecule has 0 fully saturated rings. The highest BCUT2D eigenvalue weighted by Gasteiger charge is 2.06. The Morgan fingerprint density at radius 2 is 2.20 bits per heavy atom. The summed E-state index contributed by atoms with van der Waals surface area (Å²) in [5.41, 5.74) is 0.549. The SMILES string of the molecule is C=C(C)C(=O)N(C)CCCl. The third-order valence-electron chi connectivity index (χ3n) is 1.13. The number of likely N-dealkylation sites (N-methyl/N-ethyl adjacent to an activating group) is 1. The van der Waals surface area contributed by atoms with Crippen LogP contribution in [0.1, 0.15) is 6.92 Å². The molecule has 0 saturated heterocycles. The lowest BCUT2D eigenvalue weighted by Crippen LogP contribution is -2.28. The van der Waals surface area contributed by atoms with Gasteiger partial charge in [0.2, 0.25) is 5.91 Å². The molecule has 0 atom stereocenters. The summed E-state index contributed by atoms with van der Waals surface area (Å²) in [6.45, 7) is 5.79. The van der Waals surface area contributed by atoms with E-state index >= 15 is 0 Å². The zero-order chi connectivity index (χ0) is 8.15. The second-order valence-corrected chi connectivity index (χ2v) is 2.57. The van der Waals surface area contributed by atoms with Crippen LogP contribution in [0.2, 0.25) is 0 Å². The maximum Gasteiger partial charge on any atom is 0.248 e. The van der Waals surface area contributed by atoms with Gasteiger partial charge < -0.3 is 4.90 Å². The number of carbonyl (C=O) groups is 1. The van der Waals surface area contributed by atoms with Crippen LogP contribution in [0.15, 0.2) is 12.2 Å². The van der Waals surface area contributed by atoms with Crippen molar-refractivity contribution in [3.63, 3.8) is 0 Å². The molecule has 58 valence electrons. The Balaban J connectivity index is 3.82. The van der Waals surface area contributed by atoms with E-state index in [0.29, 0.717) is 18.0 Å². The van der Waals surface area contributed by atoms with E-state index < -0.39 is 0 Å². The number of hydrogen-bond acceptors (Lipinski definition) is 1. The highest BCUT2D eigenvalue weighted by atomic mass is 35.5. The molecule has 0 aromatic rings. The van der Waals surface area contributed by atoms with Crippen molar-refractivity contribution < 1.29 is 4.79 Å². The van der Waals surface area contributed by atoms with Crippen molar-refractivity contribution in [1.29, 1.82) is 0 Å². The van der Waals surface area contributed by atoms with Crippen molar-refractivity contribution in [2.24, 2.45) is 0 Å². The first-order chi connectivity index (χ1) is 4.59. The molecule has 0 N–H and O–H groups in total. The van der Waals surface area contributed by atoms with Crippen molar-refractivity contribution in [2.75, 3.05) is 19.5 Å². The molecule has 0 aromatic heterocycles. The summed E-state index contributed by atoms with van der Waals surface area (Å²) < 4.78 is 0. The molecular weight excluding hydrogens is 150 g/mol. The number of amides is 1.